The van der Waals surface area contributed by atoms with Gasteiger partial charge in [-0.25, -0.2) is 0 Å². The Morgan fingerprint density at radius 3 is 2.00 bits per heavy atom. The first-order valence-corrected chi connectivity index (χ1v) is 11.8. The molecule has 0 fully saturated rings. The molecule has 3 heterocycles. The Labute approximate surface area is 202 Å². The highest BCUT2D eigenvalue weighted by atomic mass is 16.3. The van der Waals surface area contributed by atoms with Gasteiger partial charge in [0, 0.05) is 34.8 Å². The molecule has 0 saturated carbocycles. The van der Waals surface area contributed by atoms with Gasteiger partial charge in [0.1, 0.15) is 11.1 Å². The molecule has 0 aliphatic rings. The van der Waals surface area contributed by atoms with Gasteiger partial charge in [0.15, 0.2) is 5.58 Å². The van der Waals surface area contributed by atoms with Gasteiger partial charge < -0.3 is 8.98 Å². The summed E-state index contributed by atoms with van der Waals surface area (Å²) < 4.78 is 8.64. The maximum atomic E-state index is 6.32. The number of rotatable bonds is 4. The molecule has 35 heavy (non-hydrogen) atoms. The normalized spacial score (nSPS) is 12.5. The molecule has 3 aromatic heterocycles. The third-order valence-electron chi connectivity index (χ3n) is 6.84. The molecule has 7 rings (SSSR count). The third kappa shape index (κ3) is 3.17. The molecule has 4 aromatic carbocycles. The van der Waals surface area contributed by atoms with E-state index < -0.39 is 0 Å². The van der Waals surface area contributed by atoms with Crippen molar-refractivity contribution in [2.45, 2.75) is 5.92 Å². The summed E-state index contributed by atoms with van der Waals surface area (Å²) in [4.78, 5) is 4.23. The highest BCUT2D eigenvalue weighted by molar-refractivity contribution is 6.16. The first-order valence-electron chi connectivity index (χ1n) is 11.8. The van der Waals surface area contributed by atoms with Crippen molar-refractivity contribution in [1.29, 1.82) is 0 Å². The molecule has 1 atom stereocenters. The van der Waals surface area contributed by atoms with Crippen LogP contribution in [0.5, 0.6) is 0 Å². The Balaban J connectivity index is 1.42. The quantitative estimate of drug-likeness (QED) is 0.271. The molecule has 0 radical (unpaired) electrons. The van der Waals surface area contributed by atoms with Crippen molar-refractivity contribution in [3.63, 3.8) is 0 Å². The number of pyridine rings is 1. The predicted molar refractivity (Wildman–Crippen MR) is 142 cm³/mol. The lowest BCUT2D eigenvalue weighted by Crippen LogP contribution is -2.04. The summed E-state index contributed by atoms with van der Waals surface area (Å²) in [5.74, 6) is 0.143. The zero-order valence-corrected chi connectivity index (χ0v) is 19.0. The number of nitrogens with zero attached hydrogens (tertiary/aromatic N) is 2. The summed E-state index contributed by atoms with van der Waals surface area (Å²) in [6, 6.07) is 40.5. The second-order valence-electron chi connectivity index (χ2n) is 8.84. The van der Waals surface area contributed by atoms with Crippen LogP contribution < -0.4 is 0 Å². The van der Waals surface area contributed by atoms with Crippen molar-refractivity contribution >= 4 is 33.0 Å². The minimum atomic E-state index is 0.143. The molecule has 0 saturated heterocycles. The first kappa shape index (κ1) is 19.8. The van der Waals surface area contributed by atoms with Crippen molar-refractivity contribution in [3.8, 4) is 5.69 Å². The number of para-hydroxylation sites is 2. The highest BCUT2D eigenvalue weighted by Crippen LogP contribution is 2.39. The maximum absolute atomic E-state index is 6.32. The molecule has 3 heteroatoms. The van der Waals surface area contributed by atoms with Gasteiger partial charge in [-0.1, -0.05) is 66.7 Å². The van der Waals surface area contributed by atoms with E-state index in [1.165, 1.54) is 16.7 Å². The third-order valence-corrected chi connectivity index (χ3v) is 6.84. The fraction of sp³-hybridized carbons (Fsp3) is 0.0312. The van der Waals surface area contributed by atoms with Crippen LogP contribution in [0.15, 0.2) is 132 Å². The Hall–Kier alpha value is -4.63. The molecule has 0 aliphatic carbocycles. The molecule has 0 bridgehead atoms. The van der Waals surface area contributed by atoms with E-state index in [0.717, 1.165) is 38.7 Å². The molecular weight excluding hydrogens is 428 g/mol. The van der Waals surface area contributed by atoms with Crippen LogP contribution in [0.1, 0.15) is 22.6 Å². The van der Waals surface area contributed by atoms with Crippen LogP contribution in [0, 0.1) is 0 Å². The number of fused-ring (bicyclic) bond motifs is 5. The van der Waals surface area contributed by atoms with E-state index >= 15 is 0 Å². The molecule has 3 nitrogen and oxygen atoms in total. The smallest absolute Gasteiger partial charge is 0.161 e. The zero-order chi connectivity index (χ0) is 23.2. The lowest BCUT2D eigenvalue weighted by molar-refractivity contribution is 0.673. The highest BCUT2D eigenvalue weighted by Gasteiger charge is 2.20. The van der Waals surface area contributed by atoms with Gasteiger partial charge in [-0.15, -0.1) is 0 Å². The monoisotopic (exact) mass is 450 g/mol. The Morgan fingerprint density at radius 2 is 1.20 bits per heavy atom. The van der Waals surface area contributed by atoms with E-state index in [9.17, 15) is 0 Å². The van der Waals surface area contributed by atoms with Gasteiger partial charge in [0.05, 0.1) is 5.52 Å². The minimum Gasteiger partial charge on any atom is -0.454 e. The topological polar surface area (TPSA) is 31.0 Å². The van der Waals surface area contributed by atoms with E-state index in [1.807, 2.05) is 24.5 Å². The molecule has 0 aliphatic heterocycles. The van der Waals surface area contributed by atoms with Gasteiger partial charge in [-0.05, 0) is 65.2 Å². The number of hydrogen-bond acceptors (Lipinski definition) is 2. The molecule has 0 spiro atoms. The van der Waals surface area contributed by atoms with Gasteiger partial charge in [0.25, 0.3) is 0 Å². The second-order valence-corrected chi connectivity index (χ2v) is 8.84. The fourth-order valence-electron chi connectivity index (χ4n) is 5.28. The van der Waals surface area contributed by atoms with Gasteiger partial charge >= 0.3 is 0 Å². The predicted octanol–water partition coefficient (Wildman–Crippen LogP) is 8.11. The standard InChI is InChI=1S/C32H22N2O/c1-2-8-22(9-3-1)30(24-18-20-33-21-19-24)23-14-16-25(17-15-23)34-28-12-6-4-10-26(28)32-31(34)27-11-5-7-13-29(27)35-32/h1-21,30H. The molecule has 7 aromatic rings. The van der Waals surface area contributed by atoms with E-state index in [1.54, 1.807) is 0 Å². The SMILES string of the molecule is c1ccc(C(c2ccncc2)c2ccc(-n3c4ccccc4c4oc5ccccc5c43)cc2)cc1. The first-order chi connectivity index (χ1) is 17.4. The molecule has 1 unspecified atom stereocenters. The Morgan fingerprint density at radius 1 is 0.571 bits per heavy atom. The van der Waals surface area contributed by atoms with Crippen LogP contribution in [-0.4, -0.2) is 9.55 Å². The molecule has 166 valence electrons. The number of aromatic nitrogens is 2. The number of furan rings is 1. The summed E-state index contributed by atoms with van der Waals surface area (Å²) in [5, 5.41) is 2.25. The Kier molecular flexibility index (Phi) is 4.52. The van der Waals surface area contributed by atoms with Crippen LogP contribution in [0.2, 0.25) is 0 Å². The Bertz CT molecular complexity index is 1730. The zero-order valence-electron chi connectivity index (χ0n) is 19.0. The van der Waals surface area contributed by atoms with Gasteiger partial charge in [-0.3, -0.25) is 4.98 Å². The molecule has 0 N–H and O–H groups in total. The average molecular weight is 451 g/mol. The van der Waals surface area contributed by atoms with E-state index in [4.69, 9.17) is 4.42 Å². The van der Waals surface area contributed by atoms with Crippen LogP contribution >= 0.6 is 0 Å². The largest absolute Gasteiger partial charge is 0.454 e. The van der Waals surface area contributed by atoms with Crippen molar-refractivity contribution in [3.05, 3.63) is 144 Å². The number of benzene rings is 4. The van der Waals surface area contributed by atoms with E-state index in [0.29, 0.717) is 0 Å². The van der Waals surface area contributed by atoms with Crippen LogP contribution in [0.25, 0.3) is 38.7 Å². The summed E-state index contributed by atoms with van der Waals surface area (Å²) in [5.41, 5.74) is 8.97. The molecule has 0 amide bonds. The lowest BCUT2D eigenvalue weighted by Gasteiger charge is -2.19. The summed E-state index contributed by atoms with van der Waals surface area (Å²) >= 11 is 0. The average Bonchev–Trinajstić information content (AvgIpc) is 3.46. The van der Waals surface area contributed by atoms with Gasteiger partial charge in [-0.2, -0.15) is 0 Å². The summed E-state index contributed by atoms with van der Waals surface area (Å²) in [6.07, 6.45) is 3.73. The van der Waals surface area contributed by atoms with Crippen molar-refractivity contribution in [1.82, 2.24) is 9.55 Å². The van der Waals surface area contributed by atoms with Crippen molar-refractivity contribution < 1.29 is 4.42 Å². The van der Waals surface area contributed by atoms with Crippen LogP contribution in [0.4, 0.5) is 0 Å². The second kappa shape index (κ2) is 8.00. The summed E-state index contributed by atoms with van der Waals surface area (Å²) in [7, 11) is 0. The molecular formula is C32H22N2O. The maximum Gasteiger partial charge on any atom is 0.161 e. The van der Waals surface area contributed by atoms with E-state index in [2.05, 4.69) is 113 Å². The van der Waals surface area contributed by atoms with Crippen LogP contribution in [-0.2, 0) is 0 Å². The van der Waals surface area contributed by atoms with Crippen molar-refractivity contribution in [2.24, 2.45) is 0 Å². The van der Waals surface area contributed by atoms with Crippen LogP contribution in [0.3, 0.4) is 0 Å². The number of hydrogen-bond donors (Lipinski definition) is 0. The summed E-state index contributed by atoms with van der Waals surface area (Å²) in [6.45, 7) is 0. The fourth-order valence-corrected chi connectivity index (χ4v) is 5.28. The van der Waals surface area contributed by atoms with Crippen molar-refractivity contribution in [2.75, 3.05) is 0 Å². The van der Waals surface area contributed by atoms with E-state index in [-0.39, 0.29) is 5.92 Å². The lowest BCUT2D eigenvalue weighted by atomic mass is 9.85. The minimum absolute atomic E-state index is 0.143. The van der Waals surface area contributed by atoms with Gasteiger partial charge in [0.2, 0.25) is 0 Å².